The van der Waals surface area contributed by atoms with Gasteiger partial charge in [-0.25, -0.2) is 4.98 Å². The SMILES string of the molecule is Cn1cnc2c(ccn2[C@@H]2O[C@H](CO)[C@@H](O)[C@H]2O)c1=N.I. The van der Waals surface area contributed by atoms with E-state index in [0.29, 0.717) is 16.5 Å². The van der Waals surface area contributed by atoms with E-state index in [1.165, 1.54) is 6.33 Å². The van der Waals surface area contributed by atoms with Gasteiger partial charge in [0.05, 0.1) is 18.3 Å². The number of fused-ring (bicyclic) bond motifs is 1. The van der Waals surface area contributed by atoms with E-state index >= 15 is 0 Å². The third kappa shape index (κ3) is 2.48. The first kappa shape index (κ1) is 16.4. The molecule has 1 fully saturated rings. The smallest absolute Gasteiger partial charge is 0.164 e. The van der Waals surface area contributed by atoms with Gasteiger partial charge in [0.2, 0.25) is 0 Å². The van der Waals surface area contributed by atoms with Crippen molar-refractivity contribution in [3.8, 4) is 0 Å². The molecule has 0 aromatic carbocycles. The summed E-state index contributed by atoms with van der Waals surface area (Å²) in [5.74, 6) is 0. The van der Waals surface area contributed by atoms with E-state index < -0.39 is 24.5 Å². The second kappa shape index (κ2) is 6.01. The maximum Gasteiger partial charge on any atom is 0.164 e. The molecular weight excluding hydrogens is 391 g/mol. The number of rotatable bonds is 2. The molecule has 0 bridgehead atoms. The van der Waals surface area contributed by atoms with Crippen molar-refractivity contribution in [1.82, 2.24) is 14.1 Å². The van der Waals surface area contributed by atoms with E-state index in [4.69, 9.17) is 15.3 Å². The van der Waals surface area contributed by atoms with Crippen molar-refractivity contribution in [2.45, 2.75) is 24.5 Å². The van der Waals surface area contributed by atoms with Gasteiger partial charge in [-0.15, -0.1) is 24.0 Å². The minimum Gasteiger partial charge on any atom is -0.394 e. The maximum atomic E-state index is 10.0. The maximum absolute atomic E-state index is 10.0. The highest BCUT2D eigenvalue weighted by molar-refractivity contribution is 14.0. The van der Waals surface area contributed by atoms with Crippen LogP contribution in [0.25, 0.3) is 11.0 Å². The molecule has 0 spiro atoms. The van der Waals surface area contributed by atoms with Crippen molar-refractivity contribution in [2.24, 2.45) is 7.05 Å². The van der Waals surface area contributed by atoms with Crippen molar-refractivity contribution in [3.05, 3.63) is 24.1 Å². The normalized spacial score (nSPS) is 28.8. The van der Waals surface area contributed by atoms with E-state index in [0.717, 1.165) is 0 Å². The molecule has 3 rings (SSSR count). The summed E-state index contributed by atoms with van der Waals surface area (Å²) in [6.45, 7) is -0.375. The van der Waals surface area contributed by atoms with Gasteiger partial charge in [-0.3, -0.25) is 5.41 Å². The first-order chi connectivity index (χ1) is 9.54. The third-order valence-corrected chi connectivity index (χ3v) is 3.64. The zero-order valence-corrected chi connectivity index (χ0v) is 13.6. The predicted molar refractivity (Wildman–Crippen MR) is 83.0 cm³/mol. The summed E-state index contributed by atoms with van der Waals surface area (Å²) < 4.78 is 8.60. The Balaban J connectivity index is 0.00000161. The quantitative estimate of drug-likeness (QED) is 0.480. The Morgan fingerprint density at radius 2 is 2.10 bits per heavy atom. The first-order valence-electron chi connectivity index (χ1n) is 6.24. The minimum atomic E-state index is -1.16. The lowest BCUT2D eigenvalue weighted by Gasteiger charge is -2.17. The molecule has 0 amide bonds. The fourth-order valence-corrected chi connectivity index (χ4v) is 2.46. The number of aryl methyl sites for hydroxylation is 1. The van der Waals surface area contributed by atoms with Crippen LogP contribution in [0.2, 0.25) is 0 Å². The molecule has 2 aromatic heterocycles. The van der Waals surface area contributed by atoms with Crippen molar-refractivity contribution in [1.29, 1.82) is 5.41 Å². The number of ether oxygens (including phenoxy) is 1. The Hall–Kier alpha value is -1.01. The highest BCUT2D eigenvalue weighted by Crippen LogP contribution is 2.31. The summed E-state index contributed by atoms with van der Waals surface area (Å²) in [5, 5.41) is 37.5. The standard InChI is InChI=1S/C12H16N4O4.HI/c1-15-5-14-11-6(10(15)13)2-3-16(11)12-9(19)8(18)7(4-17)20-12;/h2-3,5,7-9,12-13,17-19H,4H2,1H3;1H/t7-,8-,9-,12-;/m1./s1. The van der Waals surface area contributed by atoms with Gasteiger partial charge in [-0.2, -0.15) is 0 Å². The highest BCUT2D eigenvalue weighted by Gasteiger charge is 2.43. The Morgan fingerprint density at radius 1 is 1.38 bits per heavy atom. The molecular formula is C12H17IN4O4. The van der Waals surface area contributed by atoms with E-state index in [2.05, 4.69) is 4.98 Å². The summed E-state index contributed by atoms with van der Waals surface area (Å²) >= 11 is 0. The lowest BCUT2D eigenvalue weighted by Crippen LogP contribution is -2.33. The van der Waals surface area contributed by atoms with Crippen LogP contribution in [0.15, 0.2) is 18.6 Å². The second-order valence-corrected chi connectivity index (χ2v) is 4.89. The van der Waals surface area contributed by atoms with Crippen LogP contribution in [0.5, 0.6) is 0 Å². The van der Waals surface area contributed by atoms with E-state index in [-0.39, 0.29) is 30.6 Å². The predicted octanol–water partition coefficient (Wildman–Crippen LogP) is -0.916. The lowest BCUT2D eigenvalue weighted by atomic mass is 10.1. The molecule has 1 aliphatic rings. The van der Waals surface area contributed by atoms with Gasteiger partial charge in [0.25, 0.3) is 0 Å². The van der Waals surface area contributed by atoms with Crippen LogP contribution in [0, 0.1) is 5.41 Å². The molecule has 0 saturated carbocycles. The summed E-state index contributed by atoms with van der Waals surface area (Å²) in [4.78, 5) is 4.23. The third-order valence-electron chi connectivity index (χ3n) is 3.64. The average Bonchev–Trinajstić information content (AvgIpc) is 2.98. The Kier molecular flexibility index (Phi) is 4.68. The fraction of sp³-hybridized carbons (Fsp3) is 0.500. The van der Waals surface area contributed by atoms with Gasteiger partial charge >= 0.3 is 0 Å². The number of hydrogen-bond acceptors (Lipinski definition) is 6. The van der Waals surface area contributed by atoms with Crippen LogP contribution < -0.4 is 5.49 Å². The van der Waals surface area contributed by atoms with Gasteiger partial charge in [0.15, 0.2) is 6.23 Å². The molecule has 4 N–H and O–H groups in total. The average molecular weight is 408 g/mol. The van der Waals surface area contributed by atoms with Crippen molar-refractivity contribution in [2.75, 3.05) is 6.61 Å². The first-order valence-corrected chi connectivity index (χ1v) is 6.24. The van der Waals surface area contributed by atoms with Gasteiger partial charge in [-0.05, 0) is 6.07 Å². The number of nitrogens with one attached hydrogen (secondary N) is 1. The summed E-state index contributed by atoms with van der Waals surface area (Å²) in [7, 11) is 1.72. The second-order valence-electron chi connectivity index (χ2n) is 4.89. The molecule has 2 aromatic rings. The molecule has 0 aliphatic carbocycles. The molecule has 116 valence electrons. The molecule has 1 aliphatic heterocycles. The summed E-state index contributed by atoms with van der Waals surface area (Å²) in [6.07, 6.45) is -0.828. The number of aliphatic hydroxyl groups excluding tert-OH is 3. The van der Waals surface area contributed by atoms with Crippen LogP contribution in [0.3, 0.4) is 0 Å². The van der Waals surface area contributed by atoms with Crippen molar-refractivity contribution < 1.29 is 20.1 Å². The minimum absolute atomic E-state index is 0. The molecule has 3 heterocycles. The largest absolute Gasteiger partial charge is 0.394 e. The molecule has 1 saturated heterocycles. The number of hydrogen-bond donors (Lipinski definition) is 4. The molecule has 0 unspecified atom stereocenters. The fourth-order valence-electron chi connectivity index (χ4n) is 2.46. The summed E-state index contributed by atoms with van der Waals surface area (Å²) in [6, 6.07) is 1.71. The van der Waals surface area contributed by atoms with Gasteiger partial charge in [-0.1, -0.05) is 0 Å². The topological polar surface area (TPSA) is 117 Å². The van der Waals surface area contributed by atoms with Crippen LogP contribution in [-0.4, -0.2) is 54.4 Å². The van der Waals surface area contributed by atoms with Gasteiger partial charge in [0.1, 0.15) is 29.4 Å². The Bertz CT molecular complexity index is 700. The van der Waals surface area contributed by atoms with Crippen molar-refractivity contribution >= 4 is 35.0 Å². The molecule has 9 heteroatoms. The van der Waals surface area contributed by atoms with Crippen LogP contribution in [-0.2, 0) is 11.8 Å². The van der Waals surface area contributed by atoms with Crippen molar-refractivity contribution in [3.63, 3.8) is 0 Å². The Morgan fingerprint density at radius 3 is 2.71 bits per heavy atom. The highest BCUT2D eigenvalue weighted by atomic mass is 127. The van der Waals surface area contributed by atoms with Gasteiger partial charge < -0.3 is 29.2 Å². The van der Waals surface area contributed by atoms with Crippen LogP contribution in [0.4, 0.5) is 0 Å². The lowest BCUT2D eigenvalue weighted by molar-refractivity contribution is -0.0508. The van der Waals surface area contributed by atoms with E-state index in [9.17, 15) is 10.2 Å². The number of aliphatic hydroxyl groups is 3. The number of aromatic nitrogens is 3. The van der Waals surface area contributed by atoms with E-state index in [1.807, 2.05) is 0 Å². The van der Waals surface area contributed by atoms with Crippen LogP contribution in [0.1, 0.15) is 6.23 Å². The summed E-state index contributed by atoms with van der Waals surface area (Å²) in [5.41, 5.74) is 0.781. The zero-order chi connectivity index (χ0) is 14.4. The Labute approximate surface area is 137 Å². The van der Waals surface area contributed by atoms with E-state index in [1.54, 1.807) is 28.4 Å². The van der Waals surface area contributed by atoms with Crippen LogP contribution >= 0.6 is 24.0 Å². The molecule has 21 heavy (non-hydrogen) atoms. The molecule has 0 radical (unpaired) electrons. The molecule has 8 nitrogen and oxygen atoms in total. The molecule has 4 atom stereocenters. The number of nitrogens with zero attached hydrogens (tertiary/aromatic N) is 3. The zero-order valence-electron chi connectivity index (χ0n) is 11.2. The van der Waals surface area contributed by atoms with Gasteiger partial charge in [0, 0.05) is 13.2 Å². The number of halogens is 1. The monoisotopic (exact) mass is 408 g/mol.